The number of anilines is 1. The van der Waals surface area contributed by atoms with Gasteiger partial charge in [-0.25, -0.2) is 4.79 Å². The van der Waals surface area contributed by atoms with E-state index in [4.69, 9.17) is 44.6 Å². The van der Waals surface area contributed by atoms with Gasteiger partial charge in [0.25, 0.3) is 0 Å². The Bertz CT molecular complexity index is 887. The molecule has 3 rings (SSSR count). The van der Waals surface area contributed by atoms with E-state index in [1.807, 2.05) is 6.07 Å². The lowest BCUT2D eigenvalue weighted by molar-refractivity contribution is 0.107. The minimum Gasteiger partial charge on any atom is -0.495 e. The summed E-state index contributed by atoms with van der Waals surface area (Å²) in [5, 5.41) is 14.1. The number of carboxylic acid groups (broad SMARTS) is 1. The van der Waals surface area contributed by atoms with E-state index in [0.717, 1.165) is 36.4 Å². The molecule has 1 heterocycles. The highest BCUT2D eigenvalue weighted by Gasteiger charge is 2.20. The zero-order chi connectivity index (χ0) is 21.0. The summed E-state index contributed by atoms with van der Waals surface area (Å²) < 4.78 is 5.46. The molecular formula is C20H22Cl3N3O3. The Labute approximate surface area is 184 Å². The predicted octanol–water partition coefficient (Wildman–Crippen LogP) is 5.03. The maximum absolute atomic E-state index is 11.0. The molecule has 2 N–H and O–H groups in total. The fourth-order valence-corrected chi connectivity index (χ4v) is 3.93. The van der Waals surface area contributed by atoms with E-state index in [2.05, 4.69) is 10.2 Å². The van der Waals surface area contributed by atoms with Crippen LogP contribution in [0, 0.1) is 0 Å². The van der Waals surface area contributed by atoms with Gasteiger partial charge < -0.3 is 20.1 Å². The smallest absolute Gasteiger partial charge is 0.407 e. The molecule has 0 atom stereocenters. The highest BCUT2D eigenvalue weighted by atomic mass is 35.5. The zero-order valence-electron chi connectivity index (χ0n) is 15.9. The van der Waals surface area contributed by atoms with E-state index >= 15 is 0 Å². The van der Waals surface area contributed by atoms with Crippen LogP contribution < -0.4 is 10.1 Å². The van der Waals surface area contributed by atoms with Crippen LogP contribution in [0.2, 0.25) is 15.1 Å². The fourth-order valence-electron chi connectivity index (χ4n) is 3.28. The van der Waals surface area contributed by atoms with Crippen molar-refractivity contribution in [2.24, 2.45) is 0 Å². The molecule has 0 unspecified atom stereocenters. The molecule has 0 aliphatic carbocycles. The van der Waals surface area contributed by atoms with Gasteiger partial charge in [-0.1, -0.05) is 34.8 Å². The van der Waals surface area contributed by atoms with E-state index in [1.165, 1.54) is 4.90 Å². The third kappa shape index (κ3) is 5.39. The Kier molecular flexibility index (Phi) is 7.35. The quantitative estimate of drug-likeness (QED) is 0.635. The lowest BCUT2D eigenvalue weighted by atomic mass is 10.0. The number of carbonyl (C=O) groups is 1. The van der Waals surface area contributed by atoms with Gasteiger partial charge in [0.05, 0.1) is 17.8 Å². The van der Waals surface area contributed by atoms with Crippen LogP contribution in [0.4, 0.5) is 10.5 Å². The average molecular weight is 459 g/mol. The Morgan fingerprint density at radius 1 is 1.07 bits per heavy atom. The van der Waals surface area contributed by atoms with Crippen molar-refractivity contribution in [3.05, 3.63) is 45.4 Å². The first-order valence-corrected chi connectivity index (χ1v) is 10.3. The Morgan fingerprint density at radius 2 is 1.76 bits per heavy atom. The first kappa shape index (κ1) is 21.8. The van der Waals surface area contributed by atoms with E-state index < -0.39 is 6.09 Å². The number of nitrogens with one attached hydrogen (secondary N) is 1. The van der Waals surface area contributed by atoms with Crippen LogP contribution in [-0.2, 0) is 0 Å². The molecule has 156 valence electrons. The van der Waals surface area contributed by atoms with Crippen molar-refractivity contribution < 1.29 is 14.6 Å². The molecule has 0 saturated carbocycles. The SMILES string of the molecule is COc1cc(Cl)c(-c2cc(Cl)ccc2Cl)cc1NCCN1CCN(C(=O)O)CC1. The second-order valence-electron chi connectivity index (χ2n) is 6.69. The maximum atomic E-state index is 11.0. The summed E-state index contributed by atoms with van der Waals surface area (Å²) in [6, 6.07) is 8.91. The number of nitrogens with zero attached hydrogens (tertiary/aromatic N) is 2. The monoisotopic (exact) mass is 457 g/mol. The van der Waals surface area contributed by atoms with Crippen LogP contribution in [0.3, 0.4) is 0 Å². The number of hydrogen-bond acceptors (Lipinski definition) is 4. The maximum Gasteiger partial charge on any atom is 0.407 e. The van der Waals surface area contributed by atoms with Gasteiger partial charge >= 0.3 is 6.09 Å². The highest BCUT2D eigenvalue weighted by Crippen LogP contribution is 2.40. The number of piperazine rings is 1. The summed E-state index contributed by atoms with van der Waals surface area (Å²) in [6.45, 7) is 3.94. The highest BCUT2D eigenvalue weighted by molar-refractivity contribution is 6.37. The molecule has 1 saturated heterocycles. The van der Waals surface area contributed by atoms with Gasteiger partial charge in [-0.15, -0.1) is 0 Å². The van der Waals surface area contributed by atoms with Gasteiger partial charge in [0.1, 0.15) is 5.75 Å². The summed E-state index contributed by atoms with van der Waals surface area (Å²) in [7, 11) is 1.59. The topological polar surface area (TPSA) is 65.0 Å². The summed E-state index contributed by atoms with van der Waals surface area (Å²) in [4.78, 5) is 14.7. The van der Waals surface area contributed by atoms with Crippen LogP contribution in [0.5, 0.6) is 5.75 Å². The lowest BCUT2D eigenvalue weighted by Gasteiger charge is -2.33. The van der Waals surface area contributed by atoms with E-state index in [9.17, 15) is 4.79 Å². The van der Waals surface area contributed by atoms with Crippen molar-refractivity contribution in [3.63, 3.8) is 0 Å². The van der Waals surface area contributed by atoms with E-state index in [0.29, 0.717) is 40.5 Å². The molecule has 1 fully saturated rings. The van der Waals surface area contributed by atoms with Crippen LogP contribution in [-0.4, -0.2) is 67.4 Å². The molecule has 1 amide bonds. The molecule has 29 heavy (non-hydrogen) atoms. The van der Waals surface area contributed by atoms with Gasteiger partial charge in [-0.3, -0.25) is 4.90 Å². The number of amides is 1. The minimum absolute atomic E-state index is 0.515. The van der Waals surface area contributed by atoms with Crippen LogP contribution in [0.1, 0.15) is 0 Å². The summed E-state index contributed by atoms with van der Waals surface area (Å²) in [5.74, 6) is 0.632. The molecule has 0 aromatic heterocycles. The fraction of sp³-hybridized carbons (Fsp3) is 0.350. The molecule has 0 spiro atoms. The van der Waals surface area contributed by atoms with Crippen molar-refractivity contribution in [1.82, 2.24) is 9.80 Å². The normalized spacial score (nSPS) is 14.7. The van der Waals surface area contributed by atoms with Crippen LogP contribution in [0.15, 0.2) is 30.3 Å². The summed E-state index contributed by atoms with van der Waals surface area (Å²) >= 11 is 18.9. The van der Waals surface area contributed by atoms with Gasteiger partial charge in [0, 0.05) is 66.5 Å². The van der Waals surface area contributed by atoms with Crippen molar-refractivity contribution in [3.8, 4) is 16.9 Å². The number of halogens is 3. The minimum atomic E-state index is -0.860. The van der Waals surface area contributed by atoms with Gasteiger partial charge in [0.2, 0.25) is 0 Å². The zero-order valence-corrected chi connectivity index (χ0v) is 18.2. The summed E-state index contributed by atoms with van der Waals surface area (Å²) in [5.41, 5.74) is 2.31. The number of rotatable bonds is 6. The number of hydrogen-bond donors (Lipinski definition) is 2. The van der Waals surface area contributed by atoms with E-state index in [1.54, 1.807) is 31.4 Å². The van der Waals surface area contributed by atoms with Crippen LogP contribution >= 0.6 is 34.8 Å². The van der Waals surface area contributed by atoms with Gasteiger partial charge in [0.15, 0.2) is 0 Å². The van der Waals surface area contributed by atoms with Gasteiger partial charge in [-0.05, 0) is 24.3 Å². The second-order valence-corrected chi connectivity index (χ2v) is 7.95. The molecule has 6 nitrogen and oxygen atoms in total. The molecule has 1 aliphatic rings. The molecule has 9 heteroatoms. The Hall–Kier alpha value is -1.86. The molecule has 2 aromatic rings. The number of methoxy groups -OCH3 is 1. The standard InChI is InChI=1S/C20H22Cl3N3O3/c1-29-19-12-17(23)15(14-10-13(21)2-3-16(14)22)11-18(19)24-4-5-25-6-8-26(9-7-25)20(27)28/h2-3,10-12,24H,4-9H2,1H3,(H,27,28). The molecule has 0 bridgehead atoms. The Balaban J connectivity index is 1.70. The van der Waals surface area contributed by atoms with Crippen molar-refractivity contribution in [1.29, 1.82) is 0 Å². The third-order valence-corrected chi connectivity index (χ3v) is 5.77. The molecule has 0 radical (unpaired) electrons. The largest absolute Gasteiger partial charge is 0.495 e. The summed E-state index contributed by atoms with van der Waals surface area (Å²) in [6.07, 6.45) is -0.860. The second kappa shape index (κ2) is 9.76. The molecular weight excluding hydrogens is 437 g/mol. The lowest BCUT2D eigenvalue weighted by Crippen LogP contribution is -2.49. The molecule has 2 aromatic carbocycles. The van der Waals surface area contributed by atoms with E-state index in [-0.39, 0.29) is 0 Å². The van der Waals surface area contributed by atoms with Gasteiger partial charge in [-0.2, -0.15) is 0 Å². The van der Waals surface area contributed by atoms with Crippen molar-refractivity contribution in [2.75, 3.05) is 51.7 Å². The average Bonchev–Trinajstić information content (AvgIpc) is 2.71. The first-order chi connectivity index (χ1) is 13.9. The first-order valence-electron chi connectivity index (χ1n) is 9.16. The predicted molar refractivity (Wildman–Crippen MR) is 118 cm³/mol. The Morgan fingerprint density at radius 3 is 2.41 bits per heavy atom. The molecule has 1 aliphatic heterocycles. The van der Waals surface area contributed by atoms with Crippen LogP contribution in [0.25, 0.3) is 11.1 Å². The third-order valence-electron chi connectivity index (χ3n) is 4.89. The number of ether oxygens (including phenoxy) is 1. The van der Waals surface area contributed by atoms with Crippen molar-refractivity contribution >= 4 is 46.6 Å². The number of benzene rings is 2. The van der Waals surface area contributed by atoms with Crippen molar-refractivity contribution in [2.45, 2.75) is 0 Å².